The molecule has 56 valence electrons. The fraction of sp³-hybridized carbons (Fsp3) is 0.143. The molecule has 0 atom stereocenters. The minimum absolute atomic E-state index is 0.651. The second-order valence-electron chi connectivity index (χ2n) is 1.84. The minimum Gasteiger partial charge on any atom is -0.294 e. The highest BCUT2D eigenvalue weighted by Crippen LogP contribution is 2.10. The Kier molecular flexibility index (Phi) is 2.43. The molecule has 0 N–H and O–H groups in total. The van der Waals surface area contributed by atoms with Crippen molar-refractivity contribution >= 4 is 18.6 Å². The van der Waals surface area contributed by atoms with E-state index in [-0.39, 0.29) is 0 Å². The van der Waals surface area contributed by atoms with Crippen molar-refractivity contribution in [2.24, 2.45) is 9.98 Å². The van der Waals surface area contributed by atoms with Gasteiger partial charge in [-0.3, -0.25) is 9.98 Å². The summed E-state index contributed by atoms with van der Waals surface area (Å²) < 4.78 is 0. The fourth-order valence-corrected chi connectivity index (χ4v) is 0.675. The molecule has 0 saturated carbocycles. The molecule has 0 aliphatic heterocycles. The lowest BCUT2D eigenvalue weighted by Gasteiger charge is -1.94. The molecule has 0 radical (unpaired) electrons. The quantitative estimate of drug-likeness (QED) is 0.584. The summed E-state index contributed by atoms with van der Waals surface area (Å²) in [4.78, 5) is 15.3. The van der Waals surface area contributed by atoms with Gasteiger partial charge >= 0.3 is 0 Å². The van der Waals surface area contributed by atoms with E-state index in [1.807, 2.05) is 0 Å². The Morgan fingerprint density at radius 3 is 3.09 bits per heavy atom. The van der Waals surface area contributed by atoms with E-state index >= 15 is 0 Å². The molecule has 4 heteroatoms. The molecule has 0 aliphatic rings. The summed E-state index contributed by atoms with van der Waals surface area (Å²) in [7, 11) is 1.68. The highest BCUT2D eigenvalue weighted by molar-refractivity contribution is 5.83. The summed E-state index contributed by atoms with van der Waals surface area (Å²) in [5.74, 6) is 0. The lowest BCUT2D eigenvalue weighted by atomic mass is 10.4. The molecule has 0 spiro atoms. The number of hydrogen-bond acceptors (Lipinski definition) is 4. The average molecular weight is 148 g/mol. The maximum atomic E-state index is 3.95. The van der Waals surface area contributed by atoms with Gasteiger partial charge in [-0.2, -0.15) is 0 Å². The first-order valence-corrected chi connectivity index (χ1v) is 3.07. The van der Waals surface area contributed by atoms with Crippen LogP contribution < -0.4 is 0 Å². The monoisotopic (exact) mass is 148 g/mol. The van der Waals surface area contributed by atoms with Gasteiger partial charge in [0, 0.05) is 13.3 Å². The SMILES string of the molecule is C=Nc1cncnc1/C=N\C. The molecule has 4 nitrogen and oxygen atoms in total. The molecular formula is C7H8N4. The lowest BCUT2D eigenvalue weighted by molar-refractivity contribution is 1.15. The third kappa shape index (κ3) is 1.67. The van der Waals surface area contributed by atoms with Gasteiger partial charge in [0.15, 0.2) is 0 Å². The number of aliphatic imine (C=N–C) groups is 2. The zero-order valence-electron chi connectivity index (χ0n) is 6.23. The molecule has 11 heavy (non-hydrogen) atoms. The number of hydrogen-bond donors (Lipinski definition) is 0. The van der Waals surface area contributed by atoms with Gasteiger partial charge in [0.2, 0.25) is 0 Å². The van der Waals surface area contributed by atoms with Gasteiger partial charge in [0.25, 0.3) is 0 Å². The molecule has 0 fully saturated rings. The van der Waals surface area contributed by atoms with Crippen LogP contribution in [0.25, 0.3) is 0 Å². The maximum absolute atomic E-state index is 3.95. The van der Waals surface area contributed by atoms with Gasteiger partial charge in [-0.05, 0) is 6.72 Å². The van der Waals surface area contributed by atoms with Crippen molar-refractivity contribution in [3.8, 4) is 0 Å². The Balaban J connectivity index is 3.11. The van der Waals surface area contributed by atoms with Crippen LogP contribution in [0.4, 0.5) is 5.69 Å². The van der Waals surface area contributed by atoms with Crippen LogP contribution >= 0.6 is 0 Å². The second kappa shape index (κ2) is 3.55. The van der Waals surface area contributed by atoms with Crippen LogP contribution in [-0.4, -0.2) is 29.9 Å². The molecule has 1 aromatic rings. The van der Waals surface area contributed by atoms with Crippen LogP contribution in [0.5, 0.6) is 0 Å². The highest BCUT2D eigenvalue weighted by atomic mass is 14.9. The van der Waals surface area contributed by atoms with Crippen molar-refractivity contribution in [1.82, 2.24) is 9.97 Å². The van der Waals surface area contributed by atoms with Crippen molar-refractivity contribution in [3.63, 3.8) is 0 Å². The van der Waals surface area contributed by atoms with E-state index in [9.17, 15) is 0 Å². The van der Waals surface area contributed by atoms with Gasteiger partial charge < -0.3 is 0 Å². The first kappa shape index (κ1) is 7.53. The van der Waals surface area contributed by atoms with Crippen molar-refractivity contribution in [1.29, 1.82) is 0 Å². The Morgan fingerprint density at radius 1 is 1.64 bits per heavy atom. The van der Waals surface area contributed by atoms with Crippen LogP contribution in [-0.2, 0) is 0 Å². The predicted octanol–water partition coefficient (Wildman–Crippen LogP) is 0.857. The second-order valence-corrected chi connectivity index (χ2v) is 1.84. The predicted molar refractivity (Wildman–Crippen MR) is 44.8 cm³/mol. The number of rotatable bonds is 2. The van der Waals surface area contributed by atoms with Crippen LogP contribution in [0.2, 0.25) is 0 Å². The Hall–Kier alpha value is -1.58. The van der Waals surface area contributed by atoms with Gasteiger partial charge in [0.05, 0.1) is 6.20 Å². The molecule has 1 rings (SSSR count). The first-order chi connectivity index (χ1) is 5.38. The van der Waals surface area contributed by atoms with E-state index in [0.29, 0.717) is 11.4 Å². The molecule has 1 heterocycles. The topological polar surface area (TPSA) is 50.5 Å². The molecular weight excluding hydrogens is 140 g/mol. The largest absolute Gasteiger partial charge is 0.294 e. The summed E-state index contributed by atoms with van der Waals surface area (Å²) in [5.41, 5.74) is 1.34. The maximum Gasteiger partial charge on any atom is 0.116 e. The Labute approximate surface area is 64.8 Å². The summed E-state index contributed by atoms with van der Waals surface area (Å²) in [6.07, 6.45) is 4.66. The highest BCUT2D eigenvalue weighted by Gasteiger charge is 1.95. The van der Waals surface area contributed by atoms with Gasteiger partial charge in [-0.25, -0.2) is 9.97 Å². The molecule has 0 bridgehead atoms. The van der Waals surface area contributed by atoms with Gasteiger partial charge in [0.1, 0.15) is 17.7 Å². The van der Waals surface area contributed by atoms with E-state index in [1.54, 1.807) is 19.5 Å². The Bertz CT molecular complexity index is 280. The standard InChI is InChI=1S/C7H8N4/c1-8-3-7-6(9-2)4-10-5-11-7/h3-5H,2H2,1H3/b8-3-. The zero-order chi connectivity index (χ0) is 8.10. The van der Waals surface area contributed by atoms with Crippen LogP contribution in [0.15, 0.2) is 22.5 Å². The van der Waals surface area contributed by atoms with Gasteiger partial charge in [-0.15, -0.1) is 0 Å². The van der Waals surface area contributed by atoms with E-state index in [4.69, 9.17) is 0 Å². The summed E-state index contributed by atoms with van der Waals surface area (Å²) in [6.45, 7) is 3.38. The smallest absolute Gasteiger partial charge is 0.116 e. The van der Waals surface area contributed by atoms with Crippen molar-refractivity contribution in [2.75, 3.05) is 7.05 Å². The molecule has 1 aromatic heterocycles. The lowest BCUT2D eigenvalue weighted by Crippen LogP contribution is -1.88. The van der Waals surface area contributed by atoms with E-state index < -0.39 is 0 Å². The Morgan fingerprint density at radius 2 is 2.45 bits per heavy atom. The normalized spacial score (nSPS) is 10.3. The number of aromatic nitrogens is 2. The molecule has 0 amide bonds. The molecule has 0 aliphatic carbocycles. The van der Waals surface area contributed by atoms with Crippen molar-refractivity contribution in [2.45, 2.75) is 0 Å². The third-order valence-corrected chi connectivity index (χ3v) is 1.14. The van der Waals surface area contributed by atoms with Gasteiger partial charge in [-0.1, -0.05) is 0 Å². The van der Waals surface area contributed by atoms with Crippen LogP contribution in [0, 0.1) is 0 Å². The van der Waals surface area contributed by atoms with E-state index in [0.717, 1.165) is 0 Å². The zero-order valence-corrected chi connectivity index (χ0v) is 6.23. The molecule has 0 unspecified atom stereocenters. The summed E-state index contributed by atoms with van der Waals surface area (Å²) in [5, 5.41) is 0. The first-order valence-electron chi connectivity index (χ1n) is 3.07. The summed E-state index contributed by atoms with van der Waals surface area (Å²) in [6, 6.07) is 0. The van der Waals surface area contributed by atoms with Crippen molar-refractivity contribution < 1.29 is 0 Å². The average Bonchev–Trinajstić information content (AvgIpc) is 2.06. The fourth-order valence-electron chi connectivity index (χ4n) is 0.675. The van der Waals surface area contributed by atoms with Crippen LogP contribution in [0.3, 0.4) is 0 Å². The van der Waals surface area contributed by atoms with E-state index in [1.165, 1.54) is 6.33 Å². The van der Waals surface area contributed by atoms with Crippen LogP contribution in [0.1, 0.15) is 5.69 Å². The third-order valence-electron chi connectivity index (χ3n) is 1.14. The molecule has 0 saturated heterocycles. The van der Waals surface area contributed by atoms with E-state index in [2.05, 4.69) is 26.7 Å². The summed E-state index contributed by atoms with van der Waals surface area (Å²) >= 11 is 0. The molecule has 0 aromatic carbocycles. The van der Waals surface area contributed by atoms with Crippen molar-refractivity contribution in [3.05, 3.63) is 18.2 Å². The minimum atomic E-state index is 0.651. The number of nitrogens with zero attached hydrogens (tertiary/aromatic N) is 4.